The van der Waals surface area contributed by atoms with E-state index in [-0.39, 0.29) is 12.2 Å². The Kier molecular flexibility index (Phi) is 4.08. The molecule has 0 unspecified atom stereocenters. The number of hydrogen-bond donors (Lipinski definition) is 0. The van der Waals surface area contributed by atoms with E-state index in [1.807, 2.05) is 0 Å². The molecule has 1 rings (SSSR count). The van der Waals surface area contributed by atoms with Gasteiger partial charge in [-0.15, -0.1) is 0 Å². The quantitative estimate of drug-likeness (QED) is 0.341. The van der Waals surface area contributed by atoms with Crippen LogP contribution in [0.1, 0.15) is 5.56 Å². The second-order valence-corrected chi connectivity index (χ2v) is 3.14. The number of non-ortho nitro benzene ring substituents is 1. The maximum Gasteiger partial charge on any atom is 0.330 e. The van der Waals surface area contributed by atoms with Gasteiger partial charge in [-0.3, -0.25) is 20.2 Å². The highest BCUT2D eigenvalue weighted by atomic mass is 16.6. The SMILES string of the molecule is C=CC(=O)OCc1ccc([N+](=O)[O-])cc1[N+](=O)[O-]. The number of ether oxygens (including phenoxy) is 1. The summed E-state index contributed by atoms with van der Waals surface area (Å²) in [5.74, 6) is -0.734. The molecule has 8 nitrogen and oxygen atoms in total. The Balaban J connectivity index is 3.04. The lowest BCUT2D eigenvalue weighted by molar-refractivity contribution is -0.394. The lowest BCUT2D eigenvalue weighted by Crippen LogP contribution is -2.03. The molecule has 0 aliphatic heterocycles. The first-order valence-electron chi connectivity index (χ1n) is 4.66. The third-order valence-corrected chi connectivity index (χ3v) is 2.01. The van der Waals surface area contributed by atoms with Crippen LogP contribution < -0.4 is 0 Å². The van der Waals surface area contributed by atoms with Crippen LogP contribution in [0.3, 0.4) is 0 Å². The molecule has 18 heavy (non-hydrogen) atoms. The highest BCUT2D eigenvalue weighted by Gasteiger charge is 2.19. The molecule has 0 heterocycles. The van der Waals surface area contributed by atoms with Crippen molar-refractivity contribution in [2.75, 3.05) is 0 Å². The van der Waals surface area contributed by atoms with Crippen LogP contribution in [0.5, 0.6) is 0 Å². The molecule has 0 saturated carbocycles. The number of esters is 1. The Labute approximate surface area is 101 Å². The lowest BCUT2D eigenvalue weighted by Gasteiger charge is -2.03. The van der Waals surface area contributed by atoms with Crippen LogP contribution in [-0.2, 0) is 16.1 Å². The zero-order valence-corrected chi connectivity index (χ0v) is 9.07. The van der Waals surface area contributed by atoms with Gasteiger partial charge >= 0.3 is 5.97 Å². The Bertz CT molecular complexity index is 525. The van der Waals surface area contributed by atoms with Crippen molar-refractivity contribution in [1.29, 1.82) is 0 Å². The number of hydrogen-bond acceptors (Lipinski definition) is 6. The van der Waals surface area contributed by atoms with Gasteiger partial charge in [0.2, 0.25) is 0 Å². The number of nitrogens with zero attached hydrogens (tertiary/aromatic N) is 2. The minimum absolute atomic E-state index is 0.0702. The fourth-order valence-corrected chi connectivity index (χ4v) is 1.17. The summed E-state index contributed by atoms with van der Waals surface area (Å²) in [7, 11) is 0. The molecule has 0 bridgehead atoms. The van der Waals surface area contributed by atoms with E-state index in [9.17, 15) is 25.0 Å². The average Bonchev–Trinajstić information content (AvgIpc) is 2.35. The standard InChI is InChI=1S/C10H8N2O6/c1-2-10(13)18-6-7-3-4-8(11(14)15)5-9(7)12(16)17/h2-5H,1,6H2. The van der Waals surface area contributed by atoms with E-state index in [2.05, 4.69) is 11.3 Å². The van der Waals surface area contributed by atoms with Gasteiger partial charge in [-0.05, 0) is 6.07 Å². The summed E-state index contributed by atoms with van der Waals surface area (Å²) >= 11 is 0. The van der Waals surface area contributed by atoms with Gasteiger partial charge in [0, 0.05) is 12.1 Å². The first-order valence-corrected chi connectivity index (χ1v) is 4.66. The van der Waals surface area contributed by atoms with Gasteiger partial charge in [-0.2, -0.15) is 0 Å². The van der Waals surface area contributed by atoms with Crippen LogP contribution in [-0.4, -0.2) is 15.8 Å². The largest absolute Gasteiger partial charge is 0.457 e. The molecule has 0 saturated heterocycles. The molecule has 0 fully saturated rings. The van der Waals surface area contributed by atoms with Crippen LogP contribution in [0.25, 0.3) is 0 Å². The lowest BCUT2D eigenvalue weighted by atomic mass is 10.1. The van der Waals surface area contributed by atoms with Gasteiger partial charge < -0.3 is 4.74 Å². The van der Waals surface area contributed by atoms with Crippen LogP contribution >= 0.6 is 0 Å². The third-order valence-electron chi connectivity index (χ3n) is 2.01. The average molecular weight is 252 g/mol. The summed E-state index contributed by atoms with van der Waals surface area (Å²) in [6, 6.07) is 3.09. The number of nitro benzene ring substituents is 2. The van der Waals surface area contributed by atoms with Crippen molar-refractivity contribution in [2.24, 2.45) is 0 Å². The zero-order chi connectivity index (χ0) is 13.7. The molecule has 94 valence electrons. The highest BCUT2D eigenvalue weighted by Crippen LogP contribution is 2.25. The molecule has 0 aliphatic rings. The number of nitro groups is 2. The first kappa shape index (κ1) is 13.3. The van der Waals surface area contributed by atoms with Crippen molar-refractivity contribution in [3.05, 3.63) is 56.6 Å². The van der Waals surface area contributed by atoms with Crippen LogP contribution in [0.4, 0.5) is 11.4 Å². The monoisotopic (exact) mass is 252 g/mol. The zero-order valence-electron chi connectivity index (χ0n) is 9.07. The van der Waals surface area contributed by atoms with E-state index >= 15 is 0 Å². The second-order valence-electron chi connectivity index (χ2n) is 3.14. The molecular weight excluding hydrogens is 244 g/mol. The summed E-state index contributed by atoms with van der Waals surface area (Å²) < 4.78 is 4.64. The predicted molar refractivity (Wildman–Crippen MR) is 59.7 cm³/mol. The second kappa shape index (κ2) is 5.53. The van der Waals surface area contributed by atoms with E-state index < -0.39 is 27.2 Å². The number of carbonyl (C=O) groups excluding carboxylic acids is 1. The molecule has 1 aromatic carbocycles. The molecule has 1 aromatic rings. The fourth-order valence-electron chi connectivity index (χ4n) is 1.17. The van der Waals surface area contributed by atoms with Gasteiger partial charge in [0.15, 0.2) is 0 Å². The molecule has 0 atom stereocenters. The van der Waals surface area contributed by atoms with Gasteiger partial charge in [0.25, 0.3) is 11.4 Å². The summed E-state index contributed by atoms with van der Waals surface area (Å²) in [5, 5.41) is 21.2. The van der Waals surface area contributed by atoms with Gasteiger partial charge in [-0.25, -0.2) is 4.79 Å². The van der Waals surface area contributed by atoms with E-state index in [1.165, 1.54) is 6.07 Å². The molecular formula is C10H8N2O6. The molecule has 0 aliphatic carbocycles. The Morgan fingerprint density at radius 2 is 2.00 bits per heavy atom. The smallest absolute Gasteiger partial charge is 0.330 e. The number of benzene rings is 1. The van der Waals surface area contributed by atoms with E-state index in [0.717, 1.165) is 18.2 Å². The minimum Gasteiger partial charge on any atom is -0.457 e. The summed E-state index contributed by atoms with van der Waals surface area (Å²) in [6.07, 6.45) is 0.914. The summed E-state index contributed by atoms with van der Waals surface area (Å²) in [4.78, 5) is 30.5. The Hall–Kier alpha value is -2.77. The maximum atomic E-state index is 10.8. The Morgan fingerprint density at radius 1 is 1.33 bits per heavy atom. The highest BCUT2D eigenvalue weighted by molar-refractivity contribution is 5.81. The maximum absolute atomic E-state index is 10.8. The van der Waals surface area contributed by atoms with Crippen LogP contribution in [0, 0.1) is 20.2 Å². The summed E-state index contributed by atoms with van der Waals surface area (Å²) in [6.45, 7) is 2.82. The van der Waals surface area contributed by atoms with E-state index in [4.69, 9.17) is 0 Å². The van der Waals surface area contributed by atoms with E-state index in [1.54, 1.807) is 0 Å². The minimum atomic E-state index is -0.774. The molecule has 0 radical (unpaired) electrons. The van der Waals surface area contributed by atoms with Crippen molar-refractivity contribution >= 4 is 17.3 Å². The van der Waals surface area contributed by atoms with Crippen molar-refractivity contribution in [3.63, 3.8) is 0 Å². The van der Waals surface area contributed by atoms with Crippen LogP contribution in [0.15, 0.2) is 30.9 Å². The van der Waals surface area contributed by atoms with Gasteiger partial charge in [-0.1, -0.05) is 6.58 Å². The summed E-state index contributed by atoms with van der Waals surface area (Å²) in [5.41, 5.74) is -0.803. The fraction of sp³-hybridized carbons (Fsp3) is 0.100. The van der Waals surface area contributed by atoms with Crippen LogP contribution in [0.2, 0.25) is 0 Å². The molecule has 0 aromatic heterocycles. The topological polar surface area (TPSA) is 113 Å². The van der Waals surface area contributed by atoms with Crippen molar-refractivity contribution in [1.82, 2.24) is 0 Å². The van der Waals surface area contributed by atoms with Crippen molar-refractivity contribution < 1.29 is 19.4 Å². The molecule has 8 heteroatoms. The van der Waals surface area contributed by atoms with E-state index in [0.29, 0.717) is 0 Å². The number of rotatable bonds is 5. The van der Waals surface area contributed by atoms with Gasteiger partial charge in [0.1, 0.15) is 6.61 Å². The first-order chi connectivity index (χ1) is 8.45. The molecule has 0 spiro atoms. The van der Waals surface area contributed by atoms with Gasteiger partial charge in [0.05, 0.1) is 21.5 Å². The molecule has 0 amide bonds. The van der Waals surface area contributed by atoms with Crippen molar-refractivity contribution in [2.45, 2.75) is 6.61 Å². The normalized spacial score (nSPS) is 9.56. The van der Waals surface area contributed by atoms with Crippen molar-refractivity contribution in [3.8, 4) is 0 Å². The number of carbonyl (C=O) groups is 1. The Morgan fingerprint density at radius 3 is 2.50 bits per heavy atom. The third kappa shape index (κ3) is 3.11. The molecule has 0 N–H and O–H groups in total. The predicted octanol–water partition coefficient (Wildman–Crippen LogP) is 1.73.